The molecule has 19 heavy (non-hydrogen) atoms. The van der Waals surface area contributed by atoms with Crippen LogP contribution in [0.1, 0.15) is 22.9 Å². The number of nitrogens with one attached hydrogen (secondary N) is 1. The van der Waals surface area contributed by atoms with Crippen LogP contribution in [0.25, 0.3) is 0 Å². The number of nitro groups is 1. The number of hydrogen-bond donors (Lipinski definition) is 1. The molecular weight excluding hydrogens is 260 g/mol. The first kappa shape index (κ1) is 13.5. The number of non-ortho nitro benzene ring substituents is 1. The fourth-order valence-electron chi connectivity index (χ4n) is 1.99. The average molecular weight is 276 g/mol. The Kier molecular flexibility index (Phi) is 4.16. The number of aryl methyl sites for hydroxylation is 2. The van der Waals surface area contributed by atoms with Gasteiger partial charge in [-0.05, 0) is 42.0 Å². The van der Waals surface area contributed by atoms with Gasteiger partial charge in [0.1, 0.15) is 0 Å². The van der Waals surface area contributed by atoms with Crippen molar-refractivity contribution in [3.8, 4) is 0 Å². The summed E-state index contributed by atoms with van der Waals surface area (Å²) in [7, 11) is 0. The van der Waals surface area contributed by atoms with Gasteiger partial charge in [0.15, 0.2) is 0 Å². The van der Waals surface area contributed by atoms with Gasteiger partial charge in [0, 0.05) is 29.2 Å². The van der Waals surface area contributed by atoms with Crippen molar-refractivity contribution in [2.45, 2.75) is 26.8 Å². The monoisotopic (exact) mass is 276 g/mol. The van der Waals surface area contributed by atoms with Crippen LogP contribution in [0.5, 0.6) is 0 Å². The molecule has 1 heterocycles. The summed E-state index contributed by atoms with van der Waals surface area (Å²) < 4.78 is 0. The highest BCUT2D eigenvalue weighted by Crippen LogP contribution is 2.23. The van der Waals surface area contributed by atoms with Crippen LogP contribution >= 0.6 is 11.3 Å². The van der Waals surface area contributed by atoms with Gasteiger partial charge in [0.2, 0.25) is 0 Å². The number of hydrogen-bond acceptors (Lipinski definition) is 4. The second-order valence-corrected chi connectivity index (χ2v) is 5.39. The molecule has 1 aromatic carbocycles. The van der Waals surface area contributed by atoms with Gasteiger partial charge in [0.25, 0.3) is 5.69 Å². The second-order valence-electron chi connectivity index (χ2n) is 4.39. The van der Waals surface area contributed by atoms with Crippen LogP contribution in [0.15, 0.2) is 29.6 Å². The number of anilines is 1. The lowest BCUT2D eigenvalue weighted by Crippen LogP contribution is -2.01. The van der Waals surface area contributed by atoms with Crippen LogP contribution in [0.3, 0.4) is 0 Å². The maximum Gasteiger partial charge on any atom is 0.271 e. The van der Waals surface area contributed by atoms with Crippen molar-refractivity contribution in [1.82, 2.24) is 0 Å². The summed E-state index contributed by atoms with van der Waals surface area (Å²) in [5.74, 6) is 0. The van der Waals surface area contributed by atoms with E-state index in [1.807, 2.05) is 13.0 Å². The SMILES string of the molecule is CCc1ccsc1CNc1cc(C)cc([N+](=O)[O-])c1. The summed E-state index contributed by atoms with van der Waals surface area (Å²) >= 11 is 1.71. The second kappa shape index (κ2) is 5.84. The molecule has 100 valence electrons. The predicted molar refractivity (Wildman–Crippen MR) is 78.9 cm³/mol. The summed E-state index contributed by atoms with van der Waals surface area (Å²) in [5, 5.41) is 16.2. The summed E-state index contributed by atoms with van der Waals surface area (Å²) in [5.41, 5.74) is 3.14. The zero-order valence-corrected chi connectivity index (χ0v) is 11.8. The number of rotatable bonds is 5. The Hall–Kier alpha value is -1.88. The third kappa shape index (κ3) is 3.32. The van der Waals surface area contributed by atoms with Crippen molar-refractivity contribution in [1.29, 1.82) is 0 Å². The lowest BCUT2D eigenvalue weighted by molar-refractivity contribution is -0.384. The first-order chi connectivity index (χ1) is 9.10. The summed E-state index contributed by atoms with van der Waals surface area (Å²) in [6.07, 6.45) is 1.01. The van der Waals surface area contributed by atoms with E-state index >= 15 is 0 Å². The predicted octanol–water partition coefficient (Wildman–Crippen LogP) is 4.14. The smallest absolute Gasteiger partial charge is 0.271 e. The fraction of sp³-hybridized carbons (Fsp3) is 0.286. The molecule has 0 fully saturated rings. The minimum atomic E-state index is -0.360. The third-order valence-corrected chi connectivity index (χ3v) is 3.91. The molecule has 0 spiro atoms. The number of nitro benzene ring substituents is 1. The van der Waals surface area contributed by atoms with Gasteiger partial charge < -0.3 is 5.32 Å². The van der Waals surface area contributed by atoms with Crippen molar-refractivity contribution < 1.29 is 4.92 Å². The van der Waals surface area contributed by atoms with E-state index in [2.05, 4.69) is 23.7 Å². The molecule has 2 rings (SSSR count). The maximum atomic E-state index is 10.8. The highest BCUT2D eigenvalue weighted by molar-refractivity contribution is 7.10. The van der Waals surface area contributed by atoms with Crippen molar-refractivity contribution >= 4 is 22.7 Å². The Bertz CT molecular complexity index is 593. The molecule has 0 atom stereocenters. The van der Waals surface area contributed by atoms with Gasteiger partial charge in [-0.15, -0.1) is 11.3 Å². The Morgan fingerprint density at radius 1 is 1.37 bits per heavy atom. The number of nitrogens with zero attached hydrogens (tertiary/aromatic N) is 1. The van der Waals surface area contributed by atoms with Crippen molar-refractivity contribution in [2.75, 3.05) is 5.32 Å². The van der Waals surface area contributed by atoms with Crippen LogP contribution in [0, 0.1) is 17.0 Å². The van der Waals surface area contributed by atoms with Gasteiger partial charge in [-0.2, -0.15) is 0 Å². The van der Waals surface area contributed by atoms with E-state index < -0.39 is 0 Å². The van der Waals surface area contributed by atoms with E-state index in [-0.39, 0.29) is 10.6 Å². The molecule has 0 radical (unpaired) electrons. The molecule has 0 saturated carbocycles. The summed E-state index contributed by atoms with van der Waals surface area (Å²) in [6.45, 7) is 4.70. The largest absolute Gasteiger partial charge is 0.380 e. The van der Waals surface area contributed by atoms with Crippen LogP contribution < -0.4 is 5.32 Å². The van der Waals surface area contributed by atoms with Gasteiger partial charge in [-0.25, -0.2) is 0 Å². The fourth-order valence-corrected chi connectivity index (χ4v) is 2.91. The Balaban J connectivity index is 2.13. The van der Waals surface area contributed by atoms with Crippen molar-refractivity contribution in [3.63, 3.8) is 0 Å². The zero-order valence-electron chi connectivity index (χ0n) is 11.0. The lowest BCUT2D eigenvalue weighted by atomic mass is 10.2. The Morgan fingerprint density at radius 3 is 2.84 bits per heavy atom. The average Bonchev–Trinajstić information content (AvgIpc) is 2.83. The normalized spacial score (nSPS) is 10.4. The van der Waals surface area contributed by atoms with E-state index in [4.69, 9.17) is 0 Å². The molecule has 2 aromatic rings. The van der Waals surface area contributed by atoms with Crippen LogP contribution in [-0.4, -0.2) is 4.92 Å². The zero-order chi connectivity index (χ0) is 13.8. The molecule has 5 heteroatoms. The minimum absolute atomic E-state index is 0.129. The van der Waals surface area contributed by atoms with E-state index in [1.54, 1.807) is 23.5 Å². The summed E-state index contributed by atoms with van der Waals surface area (Å²) in [4.78, 5) is 11.7. The molecule has 0 bridgehead atoms. The van der Waals surface area contributed by atoms with Gasteiger partial charge in [0.05, 0.1) is 4.92 Å². The van der Waals surface area contributed by atoms with Gasteiger partial charge >= 0.3 is 0 Å². The standard InChI is InChI=1S/C14H16N2O2S/c1-3-11-4-5-19-14(11)9-15-12-6-10(2)7-13(8-12)16(17)18/h4-8,15H,3,9H2,1-2H3. The first-order valence-corrected chi connectivity index (χ1v) is 7.03. The maximum absolute atomic E-state index is 10.8. The van der Waals surface area contributed by atoms with Crippen molar-refractivity contribution in [3.05, 3.63) is 55.8 Å². The molecule has 0 amide bonds. The molecule has 4 nitrogen and oxygen atoms in total. The van der Waals surface area contributed by atoms with Crippen LogP contribution in [0.2, 0.25) is 0 Å². The molecule has 0 saturated heterocycles. The van der Waals surface area contributed by atoms with Crippen molar-refractivity contribution in [2.24, 2.45) is 0 Å². The molecule has 1 N–H and O–H groups in total. The molecular formula is C14H16N2O2S. The number of benzene rings is 1. The van der Waals surface area contributed by atoms with E-state index in [0.717, 1.165) is 17.7 Å². The third-order valence-electron chi connectivity index (χ3n) is 2.94. The highest BCUT2D eigenvalue weighted by Gasteiger charge is 2.08. The van der Waals surface area contributed by atoms with E-state index in [0.29, 0.717) is 6.54 Å². The lowest BCUT2D eigenvalue weighted by Gasteiger charge is -2.07. The quantitative estimate of drug-likeness (QED) is 0.659. The molecule has 0 aliphatic heterocycles. The topological polar surface area (TPSA) is 55.2 Å². The minimum Gasteiger partial charge on any atom is -0.380 e. The Morgan fingerprint density at radius 2 is 2.16 bits per heavy atom. The van der Waals surface area contributed by atoms with E-state index in [9.17, 15) is 10.1 Å². The molecule has 0 aliphatic rings. The first-order valence-electron chi connectivity index (χ1n) is 6.15. The highest BCUT2D eigenvalue weighted by atomic mass is 32.1. The molecule has 1 aromatic heterocycles. The summed E-state index contributed by atoms with van der Waals surface area (Å²) in [6, 6.07) is 7.20. The number of thiophene rings is 1. The van der Waals surface area contributed by atoms with Crippen LogP contribution in [-0.2, 0) is 13.0 Å². The molecule has 0 aliphatic carbocycles. The van der Waals surface area contributed by atoms with Gasteiger partial charge in [-0.1, -0.05) is 6.92 Å². The Labute approximate surface area is 116 Å². The van der Waals surface area contributed by atoms with Gasteiger partial charge in [-0.3, -0.25) is 10.1 Å². The van der Waals surface area contributed by atoms with Crippen LogP contribution in [0.4, 0.5) is 11.4 Å². The van der Waals surface area contributed by atoms with E-state index in [1.165, 1.54) is 10.4 Å². The molecule has 0 unspecified atom stereocenters.